The lowest BCUT2D eigenvalue weighted by Crippen LogP contribution is -2.00. The predicted octanol–water partition coefficient (Wildman–Crippen LogP) is 9.73. The van der Waals surface area contributed by atoms with Crippen LogP contribution in [0, 0.1) is 0 Å². The van der Waals surface area contributed by atoms with Gasteiger partial charge in [0.2, 0.25) is 0 Å². The van der Waals surface area contributed by atoms with E-state index in [9.17, 15) is 0 Å². The van der Waals surface area contributed by atoms with E-state index < -0.39 is 0 Å². The molecule has 0 radical (unpaired) electrons. The summed E-state index contributed by atoms with van der Waals surface area (Å²) >= 11 is 0. The van der Waals surface area contributed by atoms with Gasteiger partial charge in [-0.25, -0.2) is 9.97 Å². The maximum atomic E-state index is 5.22. The van der Waals surface area contributed by atoms with E-state index in [1.54, 1.807) is 0 Å². The van der Waals surface area contributed by atoms with Crippen molar-refractivity contribution < 1.29 is 0 Å². The Balaban J connectivity index is 1.43. The molecule has 0 spiro atoms. The normalized spacial score (nSPS) is 10.9. The number of hydrogen-bond donors (Lipinski definition) is 0. The zero-order chi connectivity index (χ0) is 32.1. The van der Waals surface area contributed by atoms with Crippen molar-refractivity contribution in [3.63, 3.8) is 0 Å². The summed E-state index contributed by atoms with van der Waals surface area (Å²) in [5.41, 5.74) is 11.6. The van der Waals surface area contributed by atoms with Gasteiger partial charge in [0, 0.05) is 63.7 Å². The second kappa shape index (κ2) is 13.0. The third-order valence-electron chi connectivity index (χ3n) is 8.16. The fourth-order valence-electron chi connectivity index (χ4n) is 6.02. The first-order valence-electron chi connectivity index (χ1n) is 15.7. The van der Waals surface area contributed by atoms with Crippen LogP contribution in [-0.4, -0.2) is 29.9 Å². The molecule has 0 saturated heterocycles. The van der Waals surface area contributed by atoms with Crippen LogP contribution in [0.4, 0.5) is 0 Å². The fourth-order valence-corrected chi connectivity index (χ4v) is 6.02. The minimum absolute atomic E-state index is 0.619. The van der Waals surface area contributed by atoms with Gasteiger partial charge in [-0.1, -0.05) is 91.0 Å². The minimum Gasteiger partial charge on any atom is -0.256 e. The molecule has 8 aromatic rings. The first-order valence-corrected chi connectivity index (χ1v) is 15.7. The van der Waals surface area contributed by atoms with Gasteiger partial charge in [-0.3, -0.25) is 19.9 Å². The molecule has 0 saturated carbocycles. The van der Waals surface area contributed by atoms with Gasteiger partial charge in [-0.2, -0.15) is 0 Å². The molecule has 0 aliphatic carbocycles. The Bertz CT molecular complexity index is 2170. The molecule has 5 aromatic heterocycles. The lowest BCUT2D eigenvalue weighted by atomic mass is 9.91. The second-order valence-corrected chi connectivity index (χ2v) is 11.1. The van der Waals surface area contributed by atoms with Crippen LogP contribution in [0.15, 0.2) is 170 Å². The molecule has 0 atom stereocenters. The highest BCUT2D eigenvalue weighted by Crippen LogP contribution is 2.42. The lowest BCUT2D eigenvalue weighted by molar-refractivity contribution is 1.18. The summed E-state index contributed by atoms with van der Waals surface area (Å²) in [6.45, 7) is 0. The predicted molar refractivity (Wildman–Crippen MR) is 191 cm³/mol. The fraction of sp³-hybridized carbons (Fsp3) is 0. The summed E-state index contributed by atoms with van der Waals surface area (Å²) in [6.07, 6.45) is 7.26. The zero-order valence-electron chi connectivity index (χ0n) is 25.8. The van der Waals surface area contributed by atoms with Crippen molar-refractivity contribution in [2.45, 2.75) is 0 Å². The summed E-state index contributed by atoms with van der Waals surface area (Å²) in [7, 11) is 0. The number of hydrogen-bond acceptors (Lipinski definition) is 6. The van der Waals surface area contributed by atoms with E-state index in [0.29, 0.717) is 5.82 Å². The zero-order valence-corrected chi connectivity index (χ0v) is 25.8. The summed E-state index contributed by atoms with van der Waals surface area (Å²) in [5, 5.41) is 0. The van der Waals surface area contributed by atoms with E-state index >= 15 is 0 Å². The van der Waals surface area contributed by atoms with E-state index in [2.05, 4.69) is 42.5 Å². The average Bonchev–Trinajstić information content (AvgIpc) is 3.19. The van der Waals surface area contributed by atoms with Crippen molar-refractivity contribution in [3.05, 3.63) is 170 Å². The Morgan fingerprint density at radius 2 is 0.667 bits per heavy atom. The summed E-state index contributed by atoms with van der Waals surface area (Å²) < 4.78 is 0. The highest BCUT2D eigenvalue weighted by molar-refractivity contribution is 5.95. The summed E-state index contributed by atoms with van der Waals surface area (Å²) in [6, 6.07) is 48.5. The van der Waals surface area contributed by atoms with Gasteiger partial charge in [0.1, 0.15) is 0 Å². The highest BCUT2D eigenvalue weighted by atomic mass is 14.9. The molecule has 0 aliphatic rings. The average molecular weight is 617 g/mol. The van der Waals surface area contributed by atoms with Crippen molar-refractivity contribution in [2.75, 3.05) is 0 Å². The monoisotopic (exact) mass is 616 g/mol. The topological polar surface area (TPSA) is 77.3 Å². The van der Waals surface area contributed by atoms with Crippen molar-refractivity contribution in [3.8, 4) is 78.9 Å². The molecule has 0 unspecified atom stereocenters. The molecule has 3 aromatic carbocycles. The van der Waals surface area contributed by atoms with Crippen LogP contribution >= 0.6 is 0 Å². The Hall–Kier alpha value is -6.66. The molecule has 6 nitrogen and oxygen atoms in total. The number of nitrogens with zero attached hydrogens (tertiary/aromatic N) is 6. The van der Waals surface area contributed by atoms with Crippen molar-refractivity contribution in [2.24, 2.45) is 0 Å². The molecule has 5 heterocycles. The first-order chi connectivity index (χ1) is 23.8. The number of rotatable bonds is 7. The quantitative estimate of drug-likeness (QED) is 0.177. The molecule has 48 heavy (non-hydrogen) atoms. The van der Waals surface area contributed by atoms with Crippen LogP contribution in [0.25, 0.3) is 78.9 Å². The van der Waals surface area contributed by atoms with Gasteiger partial charge in [0.15, 0.2) is 5.82 Å². The molecular weight excluding hydrogens is 589 g/mol. The molecular formula is C42H28N6. The maximum Gasteiger partial charge on any atom is 0.160 e. The van der Waals surface area contributed by atoms with E-state index in [1.807, 2.05) is 128 Å². The van der Waals surface area contributed by atoms with E-state index in [-0.39, 0.29) is 0 Å². The van der Waals surface area contributed by atoms with E-state index in [1.165, 1.54) is 0 Å². The van der Waals surface area contributed by atoms with Gasteiger partial charge >= 0.3 is 0 Å². The molecule has 0 amide bonds. The van der Waals surface area contributed by atoms with Gasteiger partial charge in [0.05, 0.1) is 34.2 Å². The standard InChI is InChI=1S/C42H28N6/c1-2-14-29(15-3-1)42-47-38(32-18-12-16-30(34-20-4-8-24-43-34)40(32)36-22-6-10-26-45-36)28-39(48-42)33-19-13-17-31(35-21-5-9-25-44-35)41(33)37-23-7-11-27-46-37/h1-28H. The van der Waals surface area contributed by atoms with Crippen LogP contribution in [0.5, 0.6) is 0 Å². The van der Waals surface area contributed by atoms with Gasteiger partial charge < -0.3 is 0 Å². The molecule has 0 bridgehead atoms. The van der Waals surface area contributed by atoms with Crippen molar-refractivity contribution >= 4 is 0 Å². The van der Waals surface area contributed by atoms with Crippen LogP contribution in [0.1, 0.15) is 0 Å². The SMILES string of the molecule is c1ccc(-c2nc(-c3cccc(-c4ccccn4)c3-c3ccccn3)cc(-c3cccc(-c4ccccn4)c3-c3ccccn3)n2)cc1. The molecule has 8 rings (SSSR count). The molecule has 0 N–H and O–H groups in total. The molecule has 0 aliphatic heterocycles. The van der Waals surface area contributed by atoms with Crippen LogP contribution in [0.3, 0.4) is 0 Å². The molecule has 6 heteroatoms. The Morgan fingerprint density at radius 3 is 1.06 bits per heavy atom. The third-order valence-corrected chi connectivity index (χ3v) is 8.16. The minimum atomic E-state index is 0.619. The number of benzene rings is 3. The van der Waals surface area contributed by atoms with Crippen LogP contribution in [-0.2, 0) is 0 Å². The lowest BCUT2D eigenvalue weighted by Gasteiger charge is -2.18. The van der Waals surface area contributed by atoms with Crippen molar-refractivity contribution in [1.29, 1.82) is 0 Å². The molecule has 226 valence electrons. The van der Waals surface area contributed by atoms with E-state index in [4.69, 9.17) is 29.9 Å². The third kappa shape index (κ3) is 5.63. The van der Waals surface area contributed by atoms with E-state index in [0.717, 1.165) is 73.1 Å². The van der Waals surface area contributed by atoms with Crippen LogP contribution in [0.2, 0.25) is 0 Å². The first kappa shape index (κ1) is 28.8. The maximum absolute atomic E-state index is 5.22. The smallest absolute Gasteiger partial charge is 0.160 e. The summed E-state index contributed by atoms with van der Waals surface area (Å²) in [5.74, 6) is 0.619. The van der Waals surface area contributed by atoms with Crippen LogP contribution < -0.4 is 0 Å². The van der Waals surface area contributed by atoms with Gasteiger partial charge in [-0.05, 0) is 54.6 Å². The molecule has 0 fully saturated rings. The van der Waals surface area contributed by atoms with Gasteiger partial charge in [0.25, 0.3) is 0 Å². The number of aromatic nitrogens is 6. The Labute approximate surface area is 278 Å². The largest absolute Gasteiger partial charge is 0.256 e. The highest BCUT2D eigenvalue weighted by Gasteiger charge is 2.21. The Morgan fingerprint density at radius 1 is 0.292 bits per heavy atom. The summed E-state index contributed by atoms with van der Waals surface area (Å²) in [4.78, 5) is 29.4. The van der Waals surface area contributed by atoms with Crippen molar-refractivity contribution in [1.82, 2.24) is 29.9 Å². The van der Waals surface area contributed by atoms with Gasteiger partial charge in [-0.15, -0.1) is 0 Å². The second-order valence-electron chi connectivity index (χ2n) is 11.1. The number of pyridine rings is 4. The Kier molecular flexibility index (Phi) is 7.79.